The van der Waals surface area contributed by atoms with Gasteiger partial charge in [0.25, 0.3) is 0 Å². The Morgan fingerprint density at radius 2 is 1.95 bits per heavy atom. The highest BCUT2D eigenvalue weighted by Gasteiger charge is 2.15. The third-order valence-corrected chi connectivity index (χ3v) is 3.45. The van der Waals surface area contributed by atoms with Gasteiger partial charge in [0.05, 0.1) is 23.6 Å². The van der Waals surface area contributed by atoms with E-state index < -0.39 is 0 Å². The molecular formula is C15H17N5O. The van der Waals surface area contributed by atoms with Gasteiger partial charge < -0.3 is 10.6 Å². The van der Waals surface area contributed by atoms with Crippen molar-refractivity contribution >= 4 is 22.4 Å². The van der Waals surface area contributed by atoms with Gasteiger partial charge in [0.15, 0.2) is 11.0 Å². The maximum Gasteiger partial charge on any atom is 0.160 e. The summed E-state index contributed by atoms with van der Waals surface area (Å²) in [6, 6.07) is 9.80. The first kappa shape index (κ1) is 13.4. The van der Waals surface area contributed by atoms with E-state index >= 15 is 0 Å². The molecule has 21 heavy (non-hydrogen) atoms. The van der Waals surface area contributed by atoms with Gasteiger partial charge in [-0.05, 0) is 48.4 Å². The highest BCUT2D eigenvalue weighted by Crippen LogP contribution is 2.29. The Morgan fingerprint density at radius 1 is 1.14 bits per heavy atom. The van der Waals surface area contributed by atoms with Crippen molar-refractivity contribution < 1.29 is 4.63 Å². The van der Waals surface area contributed by atoms with Crippen LogP contribution in [0.4, 0.5) is 11.4 Å². The van der Waals surface area contributed by atoms with Gasteiger partial charge in [-0.25, -0.2) is 4.63 Å². The maximum atomic E-state index is 5.89. The lowest BCUT2D eigenvalue weighted by Gasteiger charge is -2.23. The molecule has 0 bridgehead atoms. The Morgan fingerprint density at radius 3 is 2.71 bits per heavy atom. The summed E-state index contributed by atoms with van der Waals surface area (Å²) in [5.41, 5.74) is 10.7. The van der Waals surface area contributed by atoms with Crippen LogP contribution in [0.25, 0.3) is 11.0 Å². The van der Waals surface area contributed by atoms with E-state index in [0.29, 0.717) is 23.3 Å². The standard InChI is InChI=1S/C15H17N5O/c1-3-20(9-11-6-4-5-10(2)17-11)13-8-7-12(16)14-15(13)19-21-18-14/h4-8H,3,9,16H2,1-2H3. The molecule has 2 aromatic heterocycles. The summed E-state index contributed by atoms with van der Waals surface area (Å²) in [6.45, 7) is 5.60. The highest BCUT2D eigenvalue weighted by atomic mass is 16.6. The van der Waals surface area contributed by atoms with Crippen molar-refractivity contribution in [1.82, 2.24) is 15.3 Å². The molecular weight excluding hydrogens is 266 g/mol. The lowest BCUT2D eigenvalue weighted by atomic mass is 10.2. The van der Waals surface area contributed by atoms with Crippen LogP contribution in [0.15, 0.2) is 35.0 Å². The van der Waals surface area contributed by atoms with Crippen LogP contribution >= 0.6 is 0 Å². The van der Waals surface area contributed by atoms with Gasteiger partial charge in [0, 0.05) is 12.2 Å². The van der Waals surface area contributed by atoms with Crippen molar-refractivity contribution in [2.75, 3.05) is 17.2 Å². The molecule has 0 aliphatic rings. The number of nitrogen functional groups attached to an aromatic ring is 1. The number of rotatable bonds is 4. The van der Waals surface area contributed by atoms with Crippen molar-refractivity contribution in [3.8, 4) is 0 Å². The third-order valence-electron chi connectivity index (χ3n) is 3.45. The van der Waals surface area contributed by atoms with Crippen molar-refractivity contribution in [2.24, 2.45) is 0 Å². The molecule has 0 saturated heterocycles. The van der Waals surface area contributed by atoms with Crippen LogP contribution in [0.2, 0.25) is 0 Å². The van der Waals surface area contributed by atoms with Crippen molar-refractivity contribution in [3.63, 3.8) is 0 Å². The molecule has 1 aromatic carbocycles. The molecule has 0 radical (unpaired) electrons. The molecule has 2 heterocycles. The summed E-state index contributed by atoms with van der Waals surface area (Å²) >= 11 is 0. The predicted molar refractivity (Wildman–Crippen MR) is 81.9 cm³/mol. The van der Waals surface area contributed by atoms with Gasteiger partial charge in [-0.1, -0.05) is 6.07 Å². The molecule has 0 aliphatic carbocycles. The van der Waals surface area contributed by atoms with E-state index in [1.807, 2.05) is 37.3 Å². The third kappa shape index (κ3) is 2.52. The van der Waals surface area contributed by atoms with E-state index in [-0.39, 0.29) is 0 Å². The number of benzene rings is 1. The molecule has 3 rings (SSSR count). The van der Waals surface area contributed by atoms with Crippen molar-refractivity contribution in [2.45, 2.75) is 20.4 Å². The zero-order valence-electron chi connectivity index (χ0n) is 12.1. The van der Waals surface area contributed by atoms with Crippen LogP contribution in [0.1, 0.15) is 18.3 Å². The number of aryl methyl sites for hydroxylation is 1. The van der Waals surface area contributed by atoms with Crippen molar-refractivity contribution in [3.05, 3.63) is 41.7 Å². The van der Waals surface area contributed by atoms with Gasteiger partial charge in [-0.15, -0.1) is 0 Å². The molecule has 0 amide bonds. The number of nitrogens with zero attached hydrogens (tertiary/aromatic N) is 4. The quantitative estimate of drug-likeness (QED) is 0.741. The number of anilines is 2. The Hall–Kier alpha value is -2.63. The second-order valence-electron chi connectivity index (χ2n) is 4.92. The number of nitrogens with two attached hydrogens (primary N) is 1. The molecule has 0 fully saturated rings. The Labute approximate surface area is 122 Å². The monoisotopic (exact) mass is 283 g/mol. The molecule has 2 N–H and O–H groups in total. The van der Waals surface area contributed by atoms with Crippen molar-refractivity contribution in [1.29, 1.82) is 0 Å². The van der Waals surface area contributed by atoms with Crippen LogP contribution in [-0.4, -0.2) is 21.8 Å². The number of pyridine rings is 1. The molecule has 0 spiro atoms. The zero-order chi connectivity index (χ0) is 14.8. The number of fused-ring (bicyclic) bond motifs is 1. The largest absolute Gasteiger partial charge is 0.397 e. The van der Waals surface area contributed by atoms with Crippen LogP contribution in [0.3, 0.4) is 0 Å². The lowest BCUT2D eigenvalue weighted by molar-refractivity contribution is 0.315. The molecule has 0 saturated carbocycles. The normalized spacial score (nSPS) is 11.0. The fourth-order valence-electron chi connectivity index (χ4n) is 2.38. The minimum absolute atomic E-state index is 0.569. The van der Waals surface area contributed by atoms with Gasteiger partial charge in [-0.2, -0.15) is 0 Å². The summed E-state index contributed by atoms with van der Waals surface area (Å²) in [7, 11) is 0. The lowest BCUT2D eigenvalue weighted by Crippen LogP contribution is -2.23. The van der Waals surface area contributed by atoms with Crippen LogP contribution in [0, 0.1) is 6.92 Å². The second kappa shape index (κ2) is 5.40. The van der Waals surface area contributed by atoms with Crippen LogP contribution < -0.4 is 10.6 Å². The fourth-order valence-corrected chi connectivity index (χ4v) is 2.38. The van der Waals surface area contributed by atoms with Crippen LogP contribution in [0.5, 0.6) is 0 Å². The number of aromatic nitrogens is 3. The van der Waals surface area contributed by atoms with Gasteiger partial charge in [0.1, 0.15) is 0 Å². The van der Waals surface area contributed by atoms with E-state index in [9.17, 15) is 0 Å². The summed E-state index contributed by atoms with van der Waals surface area (Å²) in [6.07, 6.45) is 0. The first-order chi connectivity index (χ1) is 10.2. The molecule has 0 atom stereocenters. The van der Waals surface area contributed by atoms with E-state index in [0.717, 1.165) is 23.6 Å². The van der Waals surface area contributed by atoms with E-state index in [4.69, 9.17) is 10.4 Å². The van der Waals surface area contributed by atoms with Gasteiger partial charge >= 0.3 is 0 Å². The Kier molecular flexibility index (Phi) is 3.43. The van der Waals surface area contributed by atoms with Crippen LogP contribution in [-0.2, 0) is 6.54 Å². The highest BCUT2D eigenvalue weighted by molar-refractivity contribution is 5.95. The predicted octanol–water partition coefficient (Wildman–Crippen LogP) is 2.53. The Balaban J connectivity index is 1.99. The summed E-state index contributed by atoms with van der Waals surface area (Å²) < 4.78 is 4.83. The summed E-state index contributed by atoms with van der Waals surface area (Å²) in [4.78, 5) is 6.72. The van der Waals surface area contributed by atoms with Gasteiger partial charge in [-0.3, -0.25) is 4.98 Å². The molecule has 0 unspecified atom stereocenters. The molecule has 6 nitrogen and oxygen atoms in total. The van der Waals surface area contributed by atoms with E-state index in [2.05, 4.69) is 27.1 Å². The number of hydrogen-bond donors (Lipinski definition) is 1. The number of hydrogen-bond acceptors (Lipinski definition) is 6. The topological polar surface area (TPSA) is 81.1 Å². The SMILES string of the molecule is CCN(Cc1cccc(C)n1)c1ccc(N)c2nonc12. The van der Waals surface area contributed by atoms with E-state index in [1.165, 1.54) is 0 Å². The fraction of sp³-hybridized carbons (Fsp3) is 0.267. The first-order valence-electron chi connectivity index (χ1n) is 6.87. The molecule has 6 heteroatoms. The minimum atomic E-state index is 0.569. The molecule has 0 aliphatic heterocycles. The smallest absolute Gasteiger partial charge is 0.160 e. The average Bonchev–Trinajstić information content (AvgIpc) is 2.96. The first-order valence-corrected chi connectivity index (χ1v) is 6.87. The van der Waals surface area contributed by atoms with E-state index in [1.54, 1.807) is 0 Å². The molecule has 3 aromatic rings. The summed E-state index contributed by atoms with van der Waals surface area (Å²) in [5.74, 6) is 0. The maximum absolute atomic E-state index is 5.89. The van der Waals surface area contributed by atoms with Gasteiger partial charge in [0.2, 0.25) is 0 Å². The zero-order valence-corrected chi connectivity index (χ0v) is 12.1. The Bertz CT molecular complexity index is 768. The average molecular weight is 283 g/mol. The molecule has 108 valence electrons. The second-order valence-corrected chi connectivity index (χ2v) is 4.92. The minimum Gasteiger partial charge on any atom is -0.397 e. The summed E-state index contributed by atoms with van der Waals surface area (Å²) in [5, 5.41) is 7.84.